The molecule has 2 rings (SSSR count). The van der Waals surface area contributed by atoms with Crippen molar-refractivity contribution in [1.29, 1.82) is 0 Å². The van der Waals surface area contributed by atoms with Crippen LogP contribution >= 0.6 is 0 Å². The molecular formula is C15H13NO3. The summed E-state index contributed by atoms with van der Waals surface area (Å²) in [6.45, 7) is 3.64. The Morgan fingerprint density at radius 3 is 2.16 bits per heavy atom. The van der Waals surface area contributed by atoms with E-state index in [1.54, 1.807) is 30.3 Å². The fraction of sp³-hybridized carbons (Fsp3) is 0. The minimum absolute atomic E-state index is 0.143. The minimum atomic E-state index is -0.568. The third-order valence-corrected chi connectivity index (χ3v) is 2.65. The largest absolute Gasteiger partial charge is 0.507 e. The Morgan fingerprint density at radius 1 is 1.05 bits per heavy atom. The molecule has 2 aromatic rings. The van der Waals surface area contributed by atoms with Gasteiger partial charge in [0.25, 0.3) is 5.91 Å². The Morgan fingerprint density at radius 2 is 1.63 bits per heavy atom. The molecule has 96 valence electrons. The maximum Gasteiger partial charge on any atom is 0.263 e. The number of rotatable bonds is 3. The number of hydrogen-bond acceptors (Lipinski definition) is 3. The number of carbonyl (C=O) groups excluding carboxylic acids is 1. The van der Waals surface area contributed by atoms with Crippen molar-refractivity contribution in [2.45, 2.75) is 0 Å². The first-order chi connectivity index (χ1) is 9.11. The second kappa shape index (κ2) is 5.27. The summed E-state index contributed by atoms with van der Waals surface area (Å²) >= 11 is 0. The number of phenolic OH excluding ortho intramolecular Hbond substituents is 2. The van der Waals surface area contributed by atoms with Gasteiger partial charge in [-0.15, -0.1) is 0 Å². The van der Waals surface area contributed by atoms with E-state index in [0.717, 1.165) is 5.56 Å². The van der Waals surface area contributed by atoms with Gasteiger partial charge in [0.2, 0.25) is 0 Å². The van der Waals surface area contributed by atoms with Crippen molar-refractivity contribution >= 4 is 17.7 Å². The maximum absolute atomic E-state index is 12.0. The molecule has 0 aliphatic carbocycles. The van der Waals surface area contributed by atoms with Gasteiger partial charge in [0.05, 0.1) is 0 Å². The van der Waals surface area contributed by atoms with E-state index in [1.807, 2.05) is 0 Å². The number of phenols is 2. The number of nitrogens with one attached hydrogen (secondary N) is 1. The lowest BCUT2D eigenvalue weighted by Gasteiger charge is -2.08. The van der Waals surface area contributed by atoms with Gasteiger partial charge in [0.15, 0.2) is 0 Å². The van der Waals surface area contributed by atoms with Gasteiger partial charge in [-0.1, -0.05) is 30.9 Å². The Hall–Kier alpha value is -2.75. The summed E-state index contributed by atoms with van der Waals surface area (Å²) < 4.78 is 0. The first-order valence-electron chi connectivity index (χ1n) is 5.66. The van der Waals surface area contributed by atoms with Crippen LogP contribution in [0.25, 0.3) is 6.08 Å². The Labute approximate surface area is 110 Å². The molecule has 19 heavy (non-hydrogen) atoms. The summed E-state index contributed by atoms with van der Waals surface area (Å²) in [7, 11) is 0. The van der Waals surface area contributed by atoms with Crippen molar-refractivity contribution in [3.63, 3.8) is 0 Å². The van der Waals surface area contributed by atoms with Crippen LogP contribution in [0.4, 0.5) is 5.69 Å². The summed E-state index contributed by atoms with van der Waals surface area (Å²) in [6, 6.07) is 11.2. The molecule has 3 N–H and O–H groups in total. The van der Waals surface area contributed by atoms with Gasteiger partial charge >= 0.3 is 0 Å². The van der Waals surface area contributed by atoms with E-state index in [1.165, 1.54) is 18.2 Å². The number of aromatic hydroxyl groups is 2. The van der Waals surface area contributed by atoms with Crippen LogP contribution in [-0.4, -0.2) is 16.1 Å². The van der Waals surface area contributed by atoms with Crippen LogP contribution in [0.15, 0.2) is 49.0 Å². The van der Waals surface area contributed by atoms with E-state index < -0.39 is 5.91 Å². The molecule has 0 heterocycles. The molecule has 0 unspecified atom stereocenters. The highest BCUT2D eigenvalue weighted by Crippen LogP contribution is 2.27. The summed E-state index contributed by atoms with van der Waals surface area (Å²) in [5.74, 6) is -1.10. The van der Waals surface area contributed by atoms with Gasteiger partial charge < -0.3 is 15.5 Å². The highest BCUT2D eigenvalue weighted by Gasteiger charge is 2.15. The van der Waals surface area contributed by atoms with Crippen LogP contribution in [0.3, 0.4) is 0 Å². The SMILES string of the molecule is C=Cc1ccc(NC(=O)c2c(O)cccc2O)cc1. The summed E-state index contributed by atoms with van der Waals surface area (Å²) in [5.41, 5.74) is 1.36. The van der Waals surface area contributed by atoms with Gasteiger partial charge in [-0.05, 0) is 29.8 Å². The average molecular weight is 255 g/mol. The zero-order valence-electron chi connectivity index (χ0n) is 10.1. The van der Waals surface area contributed by atoms with E-state index >= 15 is 0 Å². The fourth-order valence-electron chi connectivity index (χ4n) is 1.66. The van der Waals surface area contributed by atoms with Gasteiger partial charge in [0, 0.05) is 5.69 Å². The molecule has 0 saturated carbocycles. The topological polar surface area (TPSA) is 69.6 Å². The molecule has 0 fully saturated rings. The van der Waals surface area contributed by atoms with Crippen molar-refractivity contribution < 1.29 is 15.0 Å². The lowest BCUT2D eigenvalue weighted by Crippen LogP contribution is -2.12. The molecule has 0 spiro atoms. The van der Waals surface area contributed by atoms with Crippen molar-refractivity contribution in [2.75, 3.05) is 5.32 Å². The highest BCUT2D eigenvalue weighted by molar-refractivity contribution is 6.08. The molecule has 2 aromatic carbocycles. The summed E-state index contributed by atoms with van der Waals surface area (Å²) in [6.07, 6.45) is 1.69. The van der Waals surface area contributed by atoms with Crippen LogP contribution in [0, 0.1) is 0 Å². The van der Waals surface area contributed by atoms with Crippen LogP contribution in [0.2, 0.25) is 0 Å². The van der Waals surface area contributed by atoms with E-state index in [9.17, 15) is 15.0 Å². The standard InChI is InChI=1S/C15H13NO3/c1-2-10-6-8-11(9-7-10)16-15(19)14-12(17)4-3-5-13(14)18/h2-9,17-18H,1H2,(H,16,19). The third-order valence-electron chi connectivity index (χ3n) is 2.65. The van der Waals surface area contributed by atoms with E-state index in [0.29, 0.717) is 5.69 Å². The van der Waals surface area contributed by atoms with Crippen molar-refractivity contribution in [1.82, 2.24) is 0 Å². The van der Waals surface area contributed by atoms with E-state index in [-0.39, 0.29) is 17.1 Å². The van der Waals surface area contributed by atoms with E-state index in [2.05, 4.69) is 11.9 Å². The molecule has 0 bridgehead atoms. The summed E-state index contributed by atoms with van der Waals surface area (Å²) in [4.78, 5) is 12.0. The number of anilines is 1. The van der Waals surface area contributed by atoms with Gasteiger partial charge in [-0.25, -0.2) is 0 Å². The lowest BCUT2D eigenvalue weighted by molar-refractivity contribution is 0.102. The molecule has 1 amide bonds. The maximum atomic E-state index is 12.0. The van der Waals surface area contributed by atoms with Crippen LogP contribution < -0.4 is 5.32 Å². The molecule has 0 atom stereocenters. The van der Waals surface area contributed by atoms with Gasteiger partial charge in [-0.3, -0.25) is 4.79 Å². The van der Waals surface area contributed by atoms with Crippen molar-refractivity contribution in [3.8, 4) is 11.5 Å². The van der Waals surface area contributed by atoms with Gasteiger partial charge in [0.1, 0.15) is 17.1 Å². The lowest BCUT2D eigenvalue weighted by atomic mass is 10.1. The molecule has 0 radical (unpaired) electrons. The van der Waals surface area contributed by atoms with E-state index in [4.69, 9.17) is 0 Å². The molecule has 4 heteroatoms. The minimum Gasteiger partial charge on any atom is -0.507 e. The summed E-state index contributed by atoms with van der Waals surface area (Å²) in [5, 5.41) is 21.8. The van der Waals surface area contributed by atoms with Crippen molar-refractivity contribution in [3.05, 3.63) is 60.2 Å². The third kappa shape index (κ3) is 2.74. The molecule has 4 nitrogen and oxygen atoms in total. The highest BCUT2D eigenvalue weighted by atomic mass is 16.3. The number of hydrogen-bond donors (Lipinski definition) is 3. The normalized spacial score (nSPS) is 9.89. The molecular weight excluding hydrogens is 242 g/mol. The second-order valence-corrected chi connectivity index (χ2v) is 3.95. The average Bonchev–Trinajstić information content (AvgIpc) is 2.39. The first kappa shape index (κ1) is 12.7. The monoisotopic (exact) mass is 255 g/mol. The Bertz CT molecular complexity index is 598. The molecule has 0 aliphatic rings. The fourth-order valence-corrected chi connectivity index (χ4v) is 1.66. The van der Waals surface area contributed by atoms with Crippen molar-refractivity contribution in [2.24, 2.45) is 0 Å². The zero-order valence-corrected chi connectivity index (χ0v) is 10.1. The smallest absolute Gasteiger partial charge is 0.263 e. The van der Waals surface area contributed by atoms with Crippen LogP contribution in [0.1, 0.15) is 15.9 Å². The molecule has 0 aliphatic heterocycles. The Balaban J connectivity index is 2.23. The predicted molar refractivity (Wildman–Crippen MR) is 74.3 cm³/mol. The quantitative estimate of drug-likeness (QED) is 0.789. The molecule has 0 saturated heterocycles. The first-order valence-corrected chi connectivity index (χ1v) is 5.66. The van der Waals surface area contributed by atoms with Crippen LogP contribution in [-0.2, 0) is 0 Å². The second-order valence-electron chi connectivity index (χ2n) is 3.95. The Kier molecular flexibility index (Phi) is 3.52. The van der Waals surface area contributed by atoms with Gasteiger partial charge in [-0.2, -0.15) is 0 Å². The number of amides is 1. The zero-order chi connectivity index (χ0) is 13.8. The predicted octanol–water partition coefficient (Wildman–Crippen LogP) is 2.99. The number of benzene rings is 2. The molecule has 0 aromatic heterocycles. The van der Waals surface area contributed by atoms with Crippen LogP contribution in [0.5, 0.6) is 11.5 Å². The number of carbonyl (C=O) groups is 1.